The van der Waals surface area contributed by atoms with Crippen molar-refractivity contribution >= 4 is 18.1 Å². The van der Waals surface area contributed by atoms with Crippen LogP contribution in [0.5, 0.6) is 0 Å². The summed E-state index contributed by atoms with van der Waals surface area (Å²) in [6.45, 7) is 25.0. The van der Waals surface area contributed by atoms with E-state index in [4.69, 9.17) is 13.2 Å². The number of aliphatic imine (C=N–C) groups is 1. The van der Waals surface area contributed by atoms with Crippen molar-refractivity contribution < 1.29 is 1.43 Å². The number of anilines is 2. The van der Waals surface area contributed by atoms with Crippen LogP contribution in [0.1, 0.15) is 21.2 Å². The molecule has 0 bridgehead atoms. The maximum atomic E-state index is 5.99. The summed E-state index contributed by atoms with van der Waals surface area (Å²) >= 11 is 0. The van der Waals surface area contributed by atoms with Crippen LogP contribution < -0.4 is 10.2 Å². The third kappa shape index (κ3) is 4.99. The van der Waals surface area contributed by atoms with E-state index in [2.05, 4.69) is 35.4 Å². The minimum absolute atomic E-state index is 0. The zero-order valence-electron chi connectivity index (χ0n) is 13.8. The summed E-state index contributed by atoms with van der Waals surface area (Å²) in [5.41, 5.74) is 3.90. The number of allylic oxidation sites excluding steroid dienone is 3. The molecule has 0 saturated carbocycles. The molecule has 121 valence electrons. The Bertz CT molecular complexity index is 600. The zero-order chi connectivity index (χ0) is 17.2. The molecular weight excluding hydrogens is 282 g/mol. The number of rotatable bonds is 6. The highest BCUT2D eigenvalue weighted by Gasteiger charge is 2.16. The highest BCUT2D eigenvalue weighted by molar-refractivity contribution is 5.61. The molecule has 1 aliphatic heterocycles. The number of hydrogen-bond donors (Lipinski definition) is 1. The van der Waals surface area contributed by atoms with E-state index in [0.29, 0.717) is 11.4 Å². The SMILES string of the molecule is [CH2]C.[CH]=C(Nc1ccc(N2CCCC2=[CH])cc1)/C(=C/C=C)N=C.[HH]. The molecule has 0 aromatic heterocycles. The predicted octanol–water partition coefficient (Wildman–Crippen LogP) is 5.19. The fourth-order valence-electron chi connectivity index (χ4n) is 2.28. The van der Waals surface area contributed by atoms with Crippen molar-refractivity contribution in [1.29, 1.82) is 0 Å². The Kier molecular flexibility index (Phi) is 7.61. The van der Waals surface area contributed by atoms with E-state index < -0.39 is 0 Å². The zero-order valence-corrected chi connectivity index (χ0v) is 13.8. The van der Waals surface area contributed by atoms with Crippen LogP contribution in [0, 0.1) is 20.1 Å². The van der Waals surface area contributed by atoms with E-state index >= 15 is 0 Å². The van der Waals surface area contributed by atoms with E-state index in [1.165, 1.54) is 0 Å². The molecule has 1 N–H and O–H groups in total. The van der Waals surface area contributed by atoms with E-state index in [-0.39, 0.29) is 1.43 Å². The number of nitrogens with zero attached hydrogens (tertiary/aromatic N) is 2. The van der Waals surface area contributed by atoms with Gasteiger partial charge >= 0.3 is 0 Å². The molecule has 1 fully saturated rings. The second-order valence-corrected chi connectivity index (χ2v) is 4.78. The monoisotopic (exact) mass is 308 g/mol. The highest BCUT2D eigenvalue weighted by atomic mass is 15.2. The van der Waals surface area contributed by atoms with E-state index in [1.807, 2.05) is 24.3 Å². The number of nitrogens with one attached hydrogen (secondary N) is 1. The summed E-state index contributed by atoms with van der Waals surface area (Å²) in [7, 11) is 0. The quantitative estimate of drug-likeness (QED) is 0.578. The third-order valence-corrected chi connectivity index (χ3v) is 3.34. The van der Waals surface area contributed by atoms with Crippen molar-refractivity contribution in [1.82, 2.24) is 0 Å². The third-order valence-electron chi connectivity index (χ3n) is 3.34. The lowest BCUT2D eigenvalue weighted by Crippen LogP contribution is -2.15. The van der Waals surface area contributed by atoms with Crippen LogP contribution in [0.4, 0.5) is 11.4 Å². The normalized spacial score (nSPS) is 13.9. The Hall–Kier alpha value is -2.55. The van der Waals surface area contributed by atoms with Crippen molar-refractivity contribution in [3.63, 3.8) is 0 Å². The van der Waals surface area contributed by atoms with Gasteiger partial charge in [-0.3, -0.25) is 4.99 Å². The molecule has 2 rings (SSSR count). The van der Waals surface area contributed by atoms with Crippen LogP contribution in [0.15, 0.2) is 65.1 Å². The van der Waals surface area contributed by atoms with Gasteiger partial charge in [0, 0.05) is 25.0 Å². The van der Waals surface area contributed by atoms with Gasteiger partial charge < -0.3 is 10.2 Å². The average molecular weight is 308 g/mol. The molecule has 3 radical (unpaired) electrons. The van der Waals surface area contributed by atoms with Gasteiger partial charge in [0.05, 0.1) is 11.4 Å². The van der Waals surface area contributed by atoms with E-state index in [0.717, 1.165) is 36.5 Å². The van der Waals surface area contributed by atoms with Gasteiger partial charge in [-0.1, -0.05) is 26.5 Å². The molecule has 0 atom stereocenters. The highest BCUT2D eigenvalue weighted by Crippen LogP contribution is 2.28. The van der Waals surface area contributed by atoms with Crippen LogP contribution >= 0.6 is 0 Å². The second kappa shape index (κ2) is 9.46. The molecule has 1 aromatic carbocycles. The van der Waals surface area contributed by atoms with Crippen molar-refractivity contribution in [2.45, 2.75) is 19.8 Å². The van der Waals surface area contributed by atoms with Gasteiger partial charge in [-0.25, -0.2) is 0 Å². The standard InChI is InChI=1S/C18H19N3.C2H5.H2/c1-5-7-18(19-4)15(3)20-16-9-11-17(12-10-16)21-13-6-8-14(21)2;1-2;/h2-3,5,7,9-12,20H,1,4,6,8,13H2;1H2,2H3;1H/b14-2?,15-3?,18-7-;;. The fraction of sp³-hybridized carbons (Fsp3) is 0.200. The Morgan fingerprint density at radius 3 is 2.48 bits per heavy atom. The van der Waals surface area contributed by atoms with Crippen LogP contribution in [0.25, 0.3) is 0 Å². The smallest absolute Gasteiger partial charge is 0.0856 e. The van der Waals surface area contributed by atoms with Crippen molar-refractivity contribution in [2.75, 3.05) is 16.8 Å². The molecule has 0 spiro atoms. The lowest BCUT2D eigenvalue weighted by Gasteiger charge is -2.19. The summed E-state index contributed by atoms with van der Waals surface area (Å²) in [6.07, 6.45) is 5.38. The maximum absolute atomic E-state index is 5.99. The molecule has 1 aliphatic rings. The first-order chi connectivity index (χ1) is 11.2. The van der Waals surface area contributed by atoms with Crippen LogP contribution in [-0.4, -0.2) is 13.3 Å². The summed E-state index contributed by atoms with van der Waals surface area (Å²) < 4.78 is 0. The first kappa shape index (κ1) is 18.5. The van der Waals surface area contributed by atoms with E-state index in [1.54, 1.807) is 19.1 Å². The largest absolute Gasteiger partial charge is 0.354 e. The molecule has 3 heteroatoms. The molecule has 23 heavy (non-hydrogen) atoms. The van der Waals surface area contributed by atoms with Gasteiger partial charge in [0.25, 0.3) is 0 Å². The lowest BCUT2D eigenvalue weighted by molar-refractivity contribution is 0.956. The maximum Gasteiger partial charge on any atom is 0.0856 e. The van der Waals surface area contributed by atoms with Gasteiger partial charge in [0.2, 0.25) is 0 Å². The molecular formula is C20H26N3. The van der Waals surface area contributed by atoms with Gasteiger partial charge in [-0.05, 0) is 63.1 Å². The lowest BCUT2D eigenvalue weighted by atomic mass is 10.2. The van der Waals surface area contributed by atoms with Crippen LogP contribution in [-0.2, 0) is 0 Å². The second-order valence-electron chi connectivity index (χ2n) is 4.78. The van der Waals surface area contributed by atoms with Crippen molar-refractivity contribution in [3.8, 4) is 0 Å². The molecule has 1 saturated heterocycles. The first-order valence-corrected chi connectivity index (χ1v) is 7.54. The average Bonchev–Trinajstić information content (AvgIpc) is 3.01. The molecule has 1 heterocycles. The van der Waals surface area contributed by atoms with Crippen molar-refractivity contribution in [3.05, 3.63) is 80.2 Å². The molecule has 0 unspecified atom stereocenters. The van der Waals surface area contributed by atoms with Gasteiger partial charge in [0.1, 0.15) is 0 Å². The van der Waals surface area contributed by atoms with E-state index in [9.17, 15) is 0 Å². The predicted molar refractivity (Wildman–Crippen MR) is 103 cm³/mol. The molecule has 0 amide bonds. The Labute approximate surface area is 141 Å². The fourth-order valence-corrected chi connectivity index (χ4v) is 2.28. The summed E-state index contributed by atoms with van der Waals surface area (Å²) in [6, 6.07) is 7.96. The Morgan fingerprint density at radius 1 is 1.35 bits per heavy atom. The summed E-state index contributed by atoms with van der Waals surface area (Å²) in [5, 5.41) is 3.09. The van der Waals surface area contributed by atoms with Crippen LogP contribution in [0.2, 0.25) is 0 Å². The minimum atomic E-state index is 0. The van der Waals surface area contributed by atoms with Gasteiger partial charge in [0.15, 0.2) is 0 Å². The minimum Gasteiger partial charge on any atom is -0.354 e. The Balaban J connectivity index is 0.00000170. The van der Waals surface area contributed by atoms with Gasteiger partial charge in [-0.15, -0.1) is 0 Å². The Morgan fingerprint density at radius 2 is 2.00 bits per heavy atom. The van der Waals surface area contributed by atoms with Crippen molar-refractivity contribution in [2.24, 2.45) is 4.99 Å². The molecule has 0 aliphatic carbocycles. The molecule has 1 aromatic rings. The topological polar surface area (TPSA) is 27.6 Å². The molecule has 3 nitrogen and oxygen atoms in total. The first-order valence-electron chi connectivity index (χ1n) is 7.54. The number of hydrogen-bond acceptors (Lipinski definition) is 3. The summed E-state index contributed by atoms with van der Waals surface area (Å²) in [5.74, 6) is 0. The number of benzene rings is 1. The van der Waals surface area contributed by atoms with Gasteiger partial charge in [-0.2, -0.15) is 0 Å². The van der Waals surface area contributed by atoms with Crippen LogP contribution in [0.3, 0.4) is 0 Å². The summed E-state index contributed by atoms with van der Waals surface area (Å²) in [4.78, 5) is 5.98.